The third-order valence-corrected chi connectivity index (χ3v) is 8.32. The van der Waals surface area contributed by atoms with Crippen LogP contribution in [0, 0.1) is 0 Å². The lowest BCUT2D eigenvalue weighted by Crippen LogP contribution is -1.98. The van der Waals surface area contributed by atoms with Crippen LogP contribution in [0.5, 0.6) is 11.5 Å². The van der Waals surface area contributed by atoms with Crippen LogP contribution in [-0.2, 0) is 0 Å². The Bertz CT molecular complexity index is 2710. The summed E-state index contributed by atoms with van der Waals surface area (Å²) in [6.07, 6.45) is 0. The number of hydrogen-bond acceptors (Lipinski definition) is 1. The van der Waals surface area contributed by atoms with E-state index in [1.807, 2.05) is 109 Å². The summed E-state index contributed by atoms with van der Waals surface area (Å²) in [7, 11) is 0. The van der Waals surface area contributed by atoms with Gasteiger partial charge in [-0.2, -0.15) is 0 Å². The lowest BCUT2D eigenvalue weighted by molar-refractivity contribution is 0.487. The lowest BCUT2D eigenvalue weighted by Gasteiger charge is -2.24. The van der Waals surface area contributed by atoms with E-state index < -0.39 is 24.2 Å². The Labute approximate surface area is 261 Å². The molecule has 0 unspecified atom stereocenters. The molecule has 200 valence electrons. The predicted octanol–water partition coefficient (Wildman–Crippen LogP) is 11.9. The first kappa shape index (κ1) is 17.3. The highest BCUT2D eigenvalue weighted by molar-refractivity contribution is 6.24. The van der Waals surface area contributed by atoms with Gasteiger partial charge in [0.05, 0.1) is 11.0 Å². The zero-order chi connectivity index (χ0) is 35.3. The molecule has 0 atom stereocenters. The normalized spacial score (nSPS) is 14.5. The SMILES string of the molecule is [2H]c1c([2H])c([2H])c2c(-c3ccc4c5c(cccc35)-c3ccccc3O4)c3c([2H])c([2H])c([2H])c([2H])c3c(-c3ccc(-c4ccccc4)cc3)c2c1[2H]. The Morgan fingerprint density at radius 2 is 0.953 bits per heavy atom. The Morgan fingerprint density at radius 1 is 0.372 bits per heavy atom. The van der Waals surface area contributed by atoms with Crippen LogP contribution in [0.3, 0.4) is 0 Å². The first-order valence-corrected chi connectivity index (χ1v) is 14.1. The van der Waals surface area contributed by atoms with Crippen LogP contribution in [0.2, 0.25) is 0 Å². The molecule has 43 heavy (non-hydrogen) atoms. The van der Waals surface area contributed by atoms with Crippen molar-refractivity contribution in [1.82, 2.24) is 0 Å². The fraction of sp³-hybridized carbons (Fsp3) is 0. The van der Waals surface area contributed by atoms with E-state index in [1.165, 1.54) is 0 Å². The van der Waals surface area contributed by atoms with Crippen LogP contribution in [0.15, 0.2) is 158 Å². The molecular formula is C42H26O. The number of hydrogen-bond donors (Lipinski definition) is 0. The van der Waals surface area contributed by atoms with Gasteiger partial charge in [-0.3, -0.25) is 0 Å². The van der Waals surface area contributed by atoms with Gasteiger partial charge in [0.1, 0.15) is 11.5 Å². The van der Waals surface area contributed by atoms with Crippen LogP contribution >= 0.6 is 0 Å². The standard InChI is InChI=1S/C42H26O/c1-2-11-27(12-3-1)28-21-23-29(24-22-28)40-32-14-4-6-16-34(32)41(35-17-7-5-15-33(35)40)37-25-26-39-42-31(18-10-19-36(37)42)30-13-8-9-20-38(30)43-39/h1-26H/i4D,5D,6D,7D,14D,15D,16D,17D. The number of benzene rings is 8. The second-order valence-corrected chi connectivity index (χ2v) is 10.6. The third-order valence-electron chi connectivity index (χ3n) is 8.32. The van der Waals surface area contributed by atoms with Crippen LogP contribution in [-0.4, -0.2) is 0 Å². The Balaban J connectivity index is 1.48. The number of rotatable bonds is 3. The van der Waals surface area contributed by atoms with Gasteiger partial charge < -0.3 is 4.74 Å². The molecule has 0 bridgehead atoms. The summed E-state index contributed by atoms with van der Waals surface area (Å²) in [6.45, 7) is 0. The van der Waals surface area contributed by atoms with E-state index in [-0.39, 0.29) is 45.7 Å². The second kappa shape index (κ2) is 9.44. The topological polar surface area (TPSA) is 9.23 Å². The molecule has 0 amide bonds. The smallest absolute Gasteiger partial charge is 0.135 e. The summed E-state index contributed by atoms with van der Waals surface area (Å²) in [5, 5.41) is 2.25. The second-order valence-electron chi connectivity index (χ2n) is 10.6. The van der Waals surface area contributed by atoms with Gasteiger partial charge in [0, 0.05) is 10.9 Å². The number of fused-ring (bicyclic) bond motifs is 4. The van der Waals surface area contributed by atoms with Gasteiger partial charge in [0.2, 0.25) is 0 Å². The van der Waals surface area contributed by atoms with Crippen molar-refractivity contribution in [1.29, 1.82) is 0 Å². The third kappa shape index (κ3) is 3.65. The monoisotopic (exact) mass is 554 g/mol. The molecule has 0 aliphatic carbocycles. The van der Waals surface area contributed by atoms with Crippen molar-refractivity contribution in [3.63, 3.8) is 0 Å². The van der Waals surface area contributed by atoms with Gasteiger partial charge in [-0.25, -0.2) is 0 Å². The molecule has 1 aliphatic rings. The average molecular weight is 555 g/mol. The molecule has 0 radical (unpaired) electrons. The summed E-state index contributed by atoms with van der Waals surface area (Å²) in [5.41, 5.74) is 5.52. The van der Waals surface area contributed by atoms with Gasteiger partial charge in [0.15, 0.2) is 0 Å². The summed E-state index contributed by atoms with van der Waals surface area (Å²) in [5.74, 6) is 1.34. The summed E-state index contributed by atoms with van der Waals surface area (Å²) < 4.78 is 78.7. The largest absolute Gasteiger partial charge is 0.456 e. The minimum atomic E-state index is -0.431. The molecule has 1 nitrogen and oxygen atoms in total. The Morgan fingerprint density at radius 3 is 1.67 bits per heavy atom. The quantitative estimate of drug-likeness (QED) is 0.197. The predicted molar refractivity (Wildman–Crippen MR) is 181 cm³/mol. The van der Waals surface area contributed by atoms with E-state index >= 15 is 0 Å². The van der Waals surface area contributed by atoms with Crippen molar-refractivity contribution in [2.75, 3.05) is 0 Å². The molecule has 0 spiro atoms. The van der Waals surface area contributed by atoms with Gasteiger partial charge >= 0.3 is 0 Å². The van der Waals surface area contributed by atoms with Crippen molar-refractivity contribution in [3.8, 4) is 56.0 Å². The first-order valence-electron chi connectivity index (χ1n) is 18.1. The first-order chi connectivity index (χ1) is 24.7. The highest BCUT2D eigenvalue weighted by atomic mass is 16.5. The Kier molecular flexibility index (Phi) is 3.80. The molecule has 0 saturated heterocycles. The van der Waals surface area contributed by atoms with Crippen LogP contribution in [0.25, 0.3) is 76.8 Å². The summed E-state index contributed by atoms with van der Waals surface area (Å²) in [4.78, 5) is 0. The highest BCUT2D eigenvalue weighted by Crippen LogP contribution is 2.51. The zero-order valence-electron chi connectivity index (χ0n) is 30.8. The van der Waals surface area contributed by atoms with Gasteiger partial charge in [-0.15, -0.1) is 0 Å². The molecule has 1 heterocycles. The van der Waals surface area contributed by atoms with Crippen LogP contribution in [0.4, 0.5) is 0 Å². The van der Waals surface area contributed by atoms with E-state index in [9.17, 15) is 5.48 Å². The van der Waals surface area contributed by atoms with Gasteiger partial charge in [0.25, 0.3) is 0 Å². The van der Waals surface area contributed by atoms with Crippen molar-refractivity contribution >= 4 is 32.3 Å². The van der Waals surface area contributed by atoms with Gasteiger partial charge in [-0.1, -0.05) is 139 Å². The van der Waals surface area contributed by atoms with E-state index in [0.29, 0.717) is 33.8 Å². The van der Waals surface area contributed by atoms with E-state index in [0.717, 1.165) is 33.0 Å². The molecule has 9 rings (SSSR count). The maximum atomic E-state index is 9.35. The van der Waals surface area contributed by atoms with Crippen molar-refractivity contribution in [2.45, 2.75) is 0 Å². The zero-order valence-corrected chi connectivity index (χ0v) is 22.8. The molecule has 0 N–H and O–H groups in total. The molecule has 8 aromatic rings. The number of para-hydroxylation sites is 1. The molecular weight excluding hydrogens is 520 g/mol. The fourth-order valence-electron chi connectivity index (χ4n) is 6.44. The molecule has 0 aromatic heterocycles. The average Bonchev–Trinajstić information content (AvgIpc) is 3.17. The van der Waals surface area contributed by atoms with E-state index in [1.54, 1.807) is 0 Å². The van der Waals surface area contributed by atoms with E-state index in [2.05, 4.69) is 0 Å². The van der Waals surface area contributed by atoms with Crippen LogP contribution in [0.1, 0.15) is 11.0 Å². The maximum absolute atomic E-state index is 9.35. The summed E-state index contributed by atoms with van der Waals surface area (Å²) >= 11 is 0. The van der Waals surface area contributed by atoms with E-state index in [4.69, 9.17) is 10.2 Å². The molecule has 1 aliphatic heterocycles. The molecule has 1 heteroatoms. The Hall–Kier alpha value is -5.66. The fourth-order valence-corrected chi connectivity index (χ4v) is 6.44. The molecule has 0 saturated carbocycles. The molecule has 0 fully saturated rings. The number of ether oxygens (including phenoxy) is 1. The molecule has 8 aromatic carbocycles. The summed E-state index contributed by atoms with van der Waals surface area (Å²) in [6, 6.07) is 31.7. The van der Waals surface area contributed by atoms with Gasteiger partial charge in [-0.05, 0) is 84.1 Å². The minimum absolute atomic E-state index is 0.179. The van der Waals surface area contributed by atoms with Crippen molar-refractivity contribution < 1.29 is 15.7 Å². The minimum Gasteiger partial charge on any atom is -0.456 e. The maximum Gasteiger partial charge on any atom is 0.135 e. The van der Waals surface area contributed by atoms with Crippen molar-refractivity contribution in [2.24, 2.45) is 0 Å². The lowest BCUT2D eigenvalue weighted by atomic mass is 9.83. The van der Waals surface area contributed by atoms with Crippen LogP contribution < -0.4 is 4.74 Å². The highest BCUT2D eigenvalue weighted by Gasteiger charge is 2.23. The van der Waals surface area contributed by atoms with Crippen molar-refractivity contribution in [3.05, 3.63) is 158 Å².